The van der Waals surface area contributed by atoms with Crippen molar-refractivity contribution in [2.45, 2.75) is 19.8 Å². The number of fused-ring (bicyclic) bond motifs is 1. The van der Waals surface area contributed by atoms with Gasteiger partial charge >= 0.3 is 5.97 Å². The fraction of sp³-hybridized carbons (Fsp3) is 0.286. The number of nitrogens with zero attached hydrogens (tertiary/aromatic N) is 1. The highest BCUT2D eigenvalue weighted by Crippen LogP contribution is 2.28. The van der Waals surface area contributed by atoms with Crippen molar-refractivity contribution < 1.29 is 19.2 Å². The number of ketones is 1. The van der Waals surface area contributed by atoms with E-state index in [4.69, 9.17) is 4.74 Å². The van der Waals surface area contributed by atoms with E-state index in [-0.39, 0.29) is 18.1 Å². The number of aryl methyl sites for hydroxylation is 1. The van der Waals surface area contributed by atoms with Crippen molar-refractivity contribution in [3.8, 4) is 0 Å². The Labute approximate surface area is 115 Å². The molecule has 0 unspecified atom stereocenters. The molecule has 104 valence electrons. The van der Waals surface area contributed by atoms with Crippen LogP contribution in [-0.4, -0.2) is 23.3 Å². The average Bonchev–Trinajstić information content (AvgIpc) is 2.42. The number of nitro groups is 1. The Morgan fingerprint density at radius 1 is 1.45 bits per heavy atom. The number of benzene rings is 1. The minimum atomic E-state index is -0.565. The molecule has 0 saturated heterocycles. The summed E-state index contributed by atoms with van der Waals surface area (Å²) in [6.07, 6.45) is 2.18. The fourth-order valence-electron chi connectivity index (χ4n) is 2.13. The van der Waals surface area contributed by atoms with Gasteiger partial charge in [0, 0.05) is 29.3 Å². The maximum atomic E-state index is 12.2. The van der Waals surface area contributed by atoms with Gasteiger partial charge in [0.25, 0.3) is 5.69 Å². The Morgan fingerprint density at radius 3 is 2.85 bits per heavy atom. The second kappa shape index (κ2) is 5.64. The lowest BCUT2D eigenvalue weighted by Crippen LogP contribution is -2.16. The zero-order valence-electron chi connectivity index (χ0n) is 10.9. The lowest BCUT2D eigenvalue weighted by Gasteiger charge is -2.16. The number of hydrogen-bond acceptors (Lipinski definition) is 5. The van der Waals surface area contributed by atoms with Crippen LogP contribution in [0.2, 0.25) is 0 Å². The number of allylic oxidation sites excluding steroid dienone is 1. The van der Waals surface area contributed by atoms with E-state index in [9.17, 15) is 19.7 Å². The van der Waals surface area contributed by atoms with Crippen molar-refractivity contribution in [1.82, 2.24) is 0 Å². The van der Waals surface area contributed by atoms with Gasteiger partial charge in [0.2, 0.25) is 0 Å². The highest BCUT2D eigenvalue weighted by atomic mass is 16.6. The second-order valence-corrected chi connectivity index (χ2v) is 4.35. The van der Waals surface area contributed by atoms with Gasteiger partial charge in [-0.1, -0.05) is 6.07 Å². The molecule has 6 heteroatoms. The van der Waals surface area contributed by atoms with Gasteiger partial charge in [-0.2, -0.15) is 0 Å². The molecule has 0 radical (unpaired) electrons. The Morgan fingerprint density at radius 2 is 2.20 bits per heavy atom. The second-order valence-electron chi connectivity index (χ2n) is 4.35. The summed E-state index contributed by atoms with van der Waals surface area (Å²) in [7, 11) is 0. The third-order valence-corrected chi connectivity index (χ3v) is 3.08. The Hall–Kier alpha value is -2.50. The zero-order chi connectivity index (χ0) is 14.7. The van der Waals surface area contributed by atoms with E-state index < -0.39 is 10.9 Å². The van der Waals surface area contributed by atoms with Crippen LogP contribution in [0.1, 0.15) is 29.3 Å². The quantitative estimate of drug-likeness (QED) is 0.365. The standard InChI is InChI=1S/C14H13NO5/c1-2-20-13(16)7-10-4-3-9-5-6-11(15(18)19)8-12(9)14(10)17/h5-8H,2-4H2,1H3. The molecule has 1 aromatic carbocycles. The molecular formula is C14H13NO5. The molecule has 2 rings (SSSR count). The number of ether oxygens (including phenoxy) is 1. The monoisotopic (exact) mass is 275 g/mol. The number of Topliss-reactive ketones (excluding diaryl/α,β-unsaturated/α-hetero) is 1. The van der Waals surface area contributed by atoms with Gasteiger partial charge < -0.3 is 4.74 Å². The molecule has 20 heavy (non-hydrogen) atoms. The van der Waals surface area contributed by atoms with Crippen LogP contribution in [0.25, 0.3) is 0 Å². The van der Waals surface area contributed by atoms with Crippen molar-refractivity contribution in [2.24, 2.45) is 0 Å². The molecule has 1 aliphatic carbocycles. The van der Waals surface area contributed by atoms with Crippen LogP contribution in [0.3, 0.4) is 0 Å². The smallest absolute Gasteiger partial charge is 0.331 e. The summed E-state index contributed by atoms with van der Waals surface area (Å²) >= 11 is 0. The van der Waals surface area contributed by atoms with Gasteiger partial charge in [-0.25, -0.2) is 4.79 Å². The molecule has 0 amide bonds. The predicted octanol–water partition coefficient (Wildman–Crippen LogP) is 2.21. The topological polar surface area (TPSA) is 86.5 Å². The van der Waals surface area contributed by atoms with Crippen molar-refractivity contribution in [2.75, 3.05) is 6.61 Å². The van der Waals surface area contributed by atoms with E-state index in [2.05, 4.69) is 0 Å². The lowest BCUT2D eigenvalue weighted by molar-refractivity contribution is -0.384. The van der Waals surface area contributed by atoms with Crippen molar-refractivity contribution >= 4 is 17.4 Å². The first-order valence-electron chi connectivity index (χ1n) is 6.22. The molecule has 1 aliphatic rings. The number of rotatable bonds is 3. The van der Waals surface area contributed by atoms with Crippen molar-refractivity contribution in [1.29, 1.82) is 0 Å². The molecule has 0 N–H and O–H groups in total. The lowest BCUT2D eigenvalue weighted by atomic mass is 9.86. The number of non-ortho nitro benzene ring substituents is 1. The van der Waals surface area contributed by atoms with Gasteiger partial charge in [0.15, 0.2) is 5.78 Å². The molecule has 0 heterocycles. The highest BCUT2D eigenvalue weighted by molar-refractivity contribution is 6.13. The van der Waals surface area contributed by atoms with Crippen molar-refractivity contribution in [3.63, 3.8) is 0 Å². The highest BCUT2D eigenvalue weighted by Gasteiger charge is 2.25. The maximum Gasteiger partial charge on any atom is 0.331 e. The Kier molecular flexibility index (Phi) is 3.93. The first-order valence-corrected chi connectivity index (χ1v) is 6.22. The summed E-state index contributed by atoms with van der Waals surface area (Å²) in [5, 5.41) is 10.7. The van der Waals surface area contributed by atoms with Crippen LogP contribution in [-0.2, 0) is 16.0 Å². The Bertz CT molecular complexity index is 618. The molecule has 0 atom stereocenters. The SMILES string of the molecule is CCOC(=O)C=C1CCc2ccc([N+](=O)[O-])cc2C1=O. The average molecular weight is 275 g/mol. The fourth-order valence-corrected chi connectivity index (χ4v) is 2.13. The number of hydrogen-bond donors (Lipinski definition) is 0. The maximum absolute atomic E-state index is 12.2. The van der Waals surface area contributed by atoms with E-state index in [0.717, 1.165) is 5.56 Å². The molecule has 6 nitrogen and oxygen atoms in total. The van der Waals surface area contributed by atoms with Gasteiger partial charge in [-0.05, 0) is 25.3 Å². The van der Waals surface area contributed by atoms with Crippen LogP contribution in [0, 0.1) is 10.1 Å². The summed E-state index contributed by atoms with van der Waals surface area (Å²) in [5.74, 6) is -0.910. The van der Waals surface area contributed by atoms with E-state index in [1.54, 1.807) is 13.0 Å². The van der Waals surface area contributed by atoms with Crippen LogP contribution in [0.5, 0.6) is 0 Å². The zero-order valence-corrected chi connectivity index (χ0v) is 10.9. The number of carbonyl (C=O) groups is 2. The van der Waals surface area contributed by atoms with Gasteiger partial charge in [-0.3, -0.25) is 14.9 Å². The third kappa shape index (κ3) is 2.74. The third-order valence-electron chi connectivity index (χ3n) is 3.08. The van der Waals surface area contributed by atoms with Gasteiger partial charge in [0.1, 0.15) is 0 Å². The summed E-state index contributed by atoms with van der Waals surface area (Å²) < 4.78 is 4.77. The minimum Gasteiger partial charge on any atom is -0.463 e. The van der Waals surface area contributed by atoms with E-state index >= 15 is 0 Å². The normalized spacial score (nSPS) is 15.8. The number of nitro benzene ring substituents is 1. The summed E-state index contributed by atoms with van der Waals surface area (Å²) in [4.78, 5) is 33.8. The first kappa shape index (κ1) is 13.9. The summed E-state index contributed by atoms with van der Waals surface area (Å²) in [5.41, 5.74) is 1.26. The Balaban J connectivity index is 2.35. The molecule has 0 bridgehead atoms. The molecular weight excluding hydrogens is 262 g/mol. The van der Waals surface area contributed by atoms with Gasteiger partial charge in [-0.15, -0.1) is 0 Å². The molecule has 0 aliphatic heterocycles. The molecule has 0 spiro atoms. The van der Waals surface area contributed by atoms with E-state index in [0.29, 0.717) is 24.0 Å². The molecule has 0 saturated carbocycles. The molecule has 0 aromatic heterocycles. The van der Waals surface area contributed by atoms with Crippen LogP contribution in [0.15, 0.2) is 29.8 Å². The van der Waals surface area contributed by atoms with Crippen LogP contribution in [0.4, 0.5) is 5.69 Å². The summed E-state index contributed by atoms with van der Waals surface area (Å²) in [6.45, 7) is 1.91. The van der Waals surface area contributed by atoms with Crippen LogP contribution < -0.4 is 0 Å². The van der Waals surface area contributed by atoms with Crippen molar-refractivity contribution in [3.05, 3.63) is 51.1 Å². The largest absolute Gasteiger partial charge is 0.463 e. The molecule has 0 fully saturated rings. The minimum absolute atomic E-state index is 0.130. The van der Waals surface area contributed by atoms with Gasteiger partial charge in [0.05, 0.1) is 11.5 Å². The van der Waals surface area contributed by atoms with E-state index in [1.165, 1.54) is 18.2 Å². The van der Waals surface area contributed by atoms with E-state index in [1.807, 2.05) is 0 Å². The number of esters is 1. The van der Waals surface area contributed by atoms with Crippen LogP contribution >= 0.6 is 0 Å². The molecule has 1 aromatic rings. The first-order chi connectivity index (χ1) is 9.52. The number of carbonyl (C=O) groups excluding carboxylic acids is 2. The predicted molar refractivity (Wildman–Crippen MR) is 70.5 cm³/mol. The summed E-state index contributed by atoms with van der Waals surface area (Å²) in [6, 6.07) is 4.23.